The van der Waals surface area contributed by atoms with Gasteiger partial charge >= 0.3 is 12.1 Å². The highest BCUT2D eigenvalue weighted by Gasteiger charge is 2.20. The summed E-state index contributed by atoms with van der Waals surface area (Å²) in [6, 6.07) is 0. The SMILES string of the molecule is C=CCOC(=O)Nc1nc(C(C)C)c(C(=O)O)s1. The summed E-state index contributed by atoms with van der Waals surface area (Å²) in [5.74, 6) is -1.09. The van der Waals surface area contributed by atoms with Crippen LogP contribution in [0.1, 0.15) is 35.1 Å². The number of carbonyl (C=O) groups excluding carboxylic acids is 1. The zero-order chi connectivity index (χ0) is 13.7. The van der Waals surface area contributed by atoms with Gasteiger partial charge in [0, 0.05) is 0 Å². The standard InChI is InChI=1S/C11H14N2O4S/c1-4-5-17-11(16)13-10-12-7(6(2)3)8(18-10)9(14)15/h4,6H,1,5H2,2-3H3,(H,14,15)(H,12,13,16). The number of carboxylic acid groups (broad SMARTS) is 1. The van der Waals surface area contributed by atoms with Gasteiger partial charge in [-0.2, -0.15) is 0 Å². The molecule has 1 aromatic heterocycles. The van der Waals surface area contributed by atoms with Crippen molar-refractivity contribution in [2.24, 2.45) is 0 Å². The molecule has 7 heteroatoms. The first kappa shape index (κ1) is 14.2. The fourth-order valence-corrected chi connectivity index (χ4v) is 2.13. The molecule has 0 fully saturated rings. The summed E-state index contributed by atoms with van der Waals surface area (Å²) in [5, 5.41) is 11.6. The third kappa shape index (κ3) is 3.56. The third-order valence-corrected chi connectivity index (χ3v) is 2.91. The summed E-state index contributed by atoms with van der Waals surface area (Å²) in [7, 11) is 0. The second-order valence-corrected chi connectivity index (χ2v) is 4.70. The summed E-state index contributed by atoms with van der Waals surface area (Å²) in [6.45, 7) is 7.16. The van der Waals surface area contributed by atoms with E-state index in [1.165, 1.54) is 6.08 Å². The summed E-state index contributed by atoms with van der Waals surface area (Å²) in [4.78, 5) is 26.5. The number of carbonyl (C=O) groups is 2. The molecule has 0 aromatic carbocycles. The van der Waals surface area contributed by atoms with Gasteiger partial charge in [0.1, 0.15) is 11.5 Å². The number of nitrogens with zero attached hydrogens (tertiary/aromatic N) is 1. The highest BCUT2D eigenvalue weighted by Crippen LogP contribution is 2.28. The third-order valence-electron chi connectivity index (χ3n) is 1.94. The Kier molecular flexibility index (Phi) is 4.85. The van der Waals surface area contributed by atoms with Gasteiger partial charge < -0.3 is 9.84 Å². The summed E-state index contributed by atoms with van der Waals surface area (Å²) < 4.78 is 4.72. The Hall–Kier alpha value is -1.89. The van der Waals surface area contributed by atoms with E-state index in [1.807, 2.05) is 13.8 Å². The van der Waals surface area contributed by atoms with Gasteiger partial charge in [0.05, 0.1) is 5.69 Å². The Morgan fingerprint density at radius 2 is 2.28 bits per heavy atom. The molecule has 1 aromatic rings. The molecule has 0 aliphatic heterocycles. The average Bonchev–Trinajstić information content (AvgIpc) is 2.70. The number of amides is 1. The maximum atomic E-state index is 11.3. The van der Waals surface area contributed by atoms with Crippen LogP contribution in [0.5, 0.6) is 0 Å². The lowest BCUT2D eigenvalue weighted by atomic mass is 10.1. The number of thiazole rings is 1. The number of rotatable bonds is 5. The van der Waals surface area contributed by atoms with Crippen LogP contribution in [-0.4, -0.2) is 28.8 Å². The van der Waals surface area contributed by atoms with Crippen LogP contribution in [0.15, 0.2) is 12.7 Å². The number of hydrogen-bond acceptors (Lipinski definition) is 5. The number of anilines is 1. The molecule has 0 spiro atoms. The number of nitrogens with one attached hydrogen (secondary N) is 1. The van der Waals surface area contributed by atoms with Crippen LogP contribution in [-0.2, 0) is 4.74 Å². The van der Waals surface area contributed by atoms with Gasteiger partial charge in [0.2, 0.25) is 0 Å². The second kappa shape index (κ2) is 6.15. The van der Waals surface area contributed by atoms with E-state index in [0.29, 0.717) is 5.69 Å². The maximum absolute atomic E-state index is 11.3. The van der Waals surface area contributed by atoms with Gasteiger partial charge in [-0.15, -0.1) is 0 Å². The van der Waals surface area contributed by atoms with E-state index in [1.54, 1.807) is 0 Å². The number of aromatic carboxylic acids is 1. The lowest BCUT2D eigenvalue weighted by Crippen LogP contribution is -2.13. The van der Waals surface area contributed by atoms with Crippen LogP contribution in [0.25, 0.3) is 0 Å². The van der Waals surface area contributed by atoms with Crippen molar-refractivity contribution in [3.05, 3.63) is 23.2 Å². The van der Waals surface area contributed by atoms with Gasteiger partial charge in [-0.25, -0.2) is 14.6 Å². The second-order valence-electron chi connectivity index (χ2n) is 3.71. The Bertz CT molecular complexity index is 468. The minimum absolute atomic E-state index is 0.0351. The van der Waals surface area contributed by atoms with E-state index in [2.05, 4.69) is 16.9 Å². The van der Waals surface area contributed by atoms with Crippen molar-refractivity contribution in [3.8, 4) is 0 Å². The molecular weight excluding hydrogens is 256 g/mol. The van der Waals surface area contributed by atoms with Gasteiger partial charge in [-0.3, -0.25) is 5.32 Å². The summed E-state index contributed by atoms with van der Waals surface area (Å²) >= 11 is 0.909. The molecule has 0 radical (unpaired) electrons. The van der Waals surface area contributed by atoms with Crippen molar-refractivity contribution in [2.45, 2.75) is 19.8 Å². The molecule has 1 rings (SSSR count). The smallest absolute Gasteiger partial charge is 0.413 e. The monoisotopic (exact) mass is 270 g/mol. The van der Waals surface area contributed by atoms with Crippen LogP contribution < -0.4 is 5.32 Å². The molecule has 0 aliphatic carbocycles. The fraction of sp³-hybridized carbons (Fsp3) is 0.364. The molecule has 6 nitrogen and oxygen atoms in total. The minimum Gasteiger partial charge on any atom is -0.477 e. The lowest BCUT2D eigenvalue weighted by molar-refractivity contribution is 0.0700. The fourth-order valence-electron chi connectivity index (χ4n) is 1.19. The van der Waals surface area contributed by atoms with Crippen molar-refractivity contribution in [2.75, 3.05) is 11.9 Å². The largest absolute Gasteiger partial charge is 0.477 e. The van der Waals surface area contributed by atoms with Crippen LogP contribution in [0, 0.1) is 0 Å². The van der Waals surface area contributed by atoms with Gasteiger partial charge in [0.25, 0.3) is 0 Å². The van der Waals surface area contributed by atoms with Crippen molar-refractivity contribution >= 4 is 28.5 Å². The zero-order valence-corrected chi connectivity index (χ0v) is 10.9. The topological polar surface area (TPSA) is 88.5 Å². The maximum Gasteiger partial charge on any atom is 0.413 e. The number of carboxylic acids is 1. The molecule has 0 saturated heterocycles. The zero-order valence-electron chi connectivity index (χ0n) is 10.1. The molecule has 2 N–H and O–H groups in total. The van der Waals surface area contributed by atoms with Gasteiger partial charge in [-0.05, 0) is 5.92 Å². The van der Waals surface area contributed by atoms with E-state index in [0.717, 1.165) is 11.3 Å². The van der Waals surface area contributed by atoms with Crippen LogP contribution in [0.3, 0.4) is 0 Å². The highest BCUT2D eigenvalue weighted by atomic mass is 32.1. The Morgan fingerprint density at radius 3 is 2.72 bits per heavy atom. The predicted octanol–water partition coefficient (Wildman–Crippen LogP) is 2.70. The predicted molar refractivity (Wildman–Crippen MR) is 68.3 cm³/mol. The van der Waals surface area contributed by atoms with Crippen molar-refractivity contribution in [1.82, 2.24) is 4.98 Å². The van der Waals surface area contributed by atoms with Crippen molar-refractivity contribution < 1.29 is 19.4 Å². The van der Waals surface area contributed by atoms with E-state index < -0.39 is 12.1 Å². The first-order chi connectivity index (χ1) is 8.45. The quantitative estimate of drug-likeness (QED) is 0.803. The van der Waals surface area contributed by atoms with E-state index in [-0.39, 0.29) is 22.5 Å². The Morgan fingerprint density at radius 1 is 1.61 bits per heavy atom. The molecule has 98 valence electrons. The van der Waals surface area contributed by atoms with E-state index in [4.69, 9.17) is 9.84 Å². The van der Waals surface area contributed by atoms with E-state index in [9.17, 15) is 9.59 Å². The molecule has 1 heterocycles. The van der Waals surface area contributed by atoms with Crippen LogP contribution >= 0.6 is 11.3 Å². The van der Waals surface area contributed by atoms with Crippen molar-refractivity contribution in [1.29, 1.82) is 0 Å². The first-order valence-electron chi connectivity index (χ1n) is 5.24. The first-order valence-corrected chi connectivity index (χ1v) is 6.06. The van der Waals surface area contributed by atoms with Gasteiger partial charge in [-0.1, -0.05) is 37.8 Å². The number of aromatic nitrogens is 1. The molecule has 0 aliphatic rings. The molecule has 1 amide bonds. The summed E-state index contributed by atoms with van der Waals surface area (Å²) in [6.07, 6.45) is 0.750. The van der Waals surface area contributed by atoms with Crippen LogP contribution in [0.2, 0.25) is 0 Å². The molecular formula is C11H14N2O4S. The minimum atomic E-state index is -1.05. The average molecular weight is 270 g/mol. The molecule has 0 bridgehead atoms. The number of ether oxygens (including phenoxy) is 1. The molecule has 0 unspecified atom stereocenters. The van der Waals surface area contributed by atoms with E-state index >= 15 is 0 Å². The van der Waals surface area contributed by atoms with Crippen LogP contribution in [0.4, 0.5) is 9.93 Å². The Balaban J connectivity index is 2.84. The Labute approximate surface area is 108 Å². The summed E-state index contributed by atoms with van der Waals surface area (Å²) in [5.41, 5.74) is 0.450. The van der Waals surface area contributed by atoms with Crippen molar-refractivity contribution in [3.63, 3.8) is 0 Å². The lowest BCUT2D eigenvalue weighted by Gasteiger charge is -2.01. The molecule has 0 saturated carbocycles. The molecule has 0 atom stereocenters. The number of hydrogen-bond donors (Lipinski definition) is 2. The van der Waals surface area contributed by atoms with Gasteiger partial charge in [0.15, 0.2) is 5.13 Å². The molecule has 18 heavy (non-hydrogen) atoms. The normalized spacial score (nSPS) is 10.2. The highest BCUT2D eigenvalue weighted by molar-refractivity contribution is 7.17.